The maximum atomic E-state index is 11.4. The molecule has 1 saturated heterocycles. The Morgan fingerprint density at radius 1 is 1.24 bits per heavy atom. The first-order valence-corrected chi connectivity index (χ1v) is 12.7. The number of thioether (sulfide) groups is 1. The number of benzene rings is 1. The van der Waals surface area contributed by atoms with Crippen LogP contribution in [0.2, 0.25) is 0 Å². The summed E-state index contributed by atoms with van der Waals surface area (Å²) in [5.74, 6) is 2.17. The van der Waals surface area contributed by atoms with Crippen LogP contribution < -0.4 is 10.5 Å². The highest BCUT2D eigenvalue weighted by Gasteiger charge is 2.38. The van der Waals surface area contributed by atoms with Crippen LogP contribution in [0.15, 0.2) is 34.2 Å². The van der Waals surface area contributed by atoms with Crippen molar-refractivity contribution < 1.29 is 8.42 Å². The van der Waals surface area contributed by atoms with E-state index in [0.29, 0.717) is 11.3 Å². The van der Waals surface area contributed by atoms with Crippen molar-refractivity contribution in [2.24, 2.45) is 10.1 Å². The molecule has 164 valence electrons. The lowest BCUT2D eigenvalue weighted by atomic mass is 9.87. The van der Waals surface area contributed by atoms with E-state index in [0.717, 1.165) is 37.6 Å². The highest BCUT2D eigenvalue weighted by atomic mass is 127. The van der Waals surface area contributed by atoms with E-state index < -0.39 is 10.0 Å². The second-order valence-electron chi connectivity index (χ2n) is 7.69. The van der Waals surface area contributed by atoms with E-state index in [1.807, 2.05) is 12.1 Å². The predicted molar refractivity (Wildman–Crippen MR) is 133 cm³/mol. The molecule has 0 unspecified atom stereocenters. The maximum absolute atomic E-state index is 11.4. The average molecular weight is 553 g/mol. The summed E-state index contributed by atoms with van der Waals surface area (Å²) < 4.78 is 23.1. The van der Waals surface area contributed by atoms with Crippen molar-refractivity contribution in [3.05, 3.63) is 29.8 Å². The first-order valence-electron chi connectivity index (χ1n) is 10.2. The molecule has 2 aliphatic rings. The normalized spacial score (nSPS) is 19.7. The Morgan fingerprint density at radius 3 is 2.55 bits per heavy atom. The monoisotopic (exact) mass is 552 g/mol. The van der Waals surface area contributed by atoms with Crippen molar-refractivity contribution >= 4 is 51.7 Å². The molecule has 2 fully saturated rings. The minimum absolute atomic E-state index is 0. The maximum Gasteiger partial charge on any atom is 0.238 e. The third-order valence-corrected chi connectivity index (χ3v) is 8.03. The molecule has 29 heavy (non-hydrogen) atoms. The van der Waals surface area contributed by atoms with Gasteiger partial charge in [0.05, 0.1) is 4.90 Å². The number of primary sulfonamides is 1. The summed E-state index contributed by atoms with van der Waals surface area (Å²) in [6.45, 7) is 5.77. The van der Waals surface area contributed by atoms with Crippen LogP contribution in [0.25, 0.3) is 0 Å². The lowest BCUT2D eigenvalue weighted by Gasteiger charge is -2.45. The Bertz CT molecular complexity index is 773. The van der Waals surface area contributed by atoms with Gasteiger partial charge in [-0.1, -0.05) is 31.4 Å². The number of hydrogen-bond donors (Lipinski definition) is 2. The van der Waals surface area contributed by atoms with Crippen molar-refractivity contribution in [3.63, 3.8) is 0 Å². The smallest absolute Gasteiger partial charge is 0.238 e. The summed E-state index contributed by atoms with van der Waals surface area (Å²) in [6.07, 6.45) is 7.49. The standard InChI is InChI=1S/C20H32N4O2S2.HI/c1-2-22-19(24-14-15-27-20(16-24)11-4-3-5-12-20)23-13-10-17-6-8-18(9-7-17)28(21,25)26;/h6-9H,2-5,10-16H2,1H3,(H,22,23)(H2,21,25,26);1H. The summed E-state index contributed by atoms with van der Waals surface area (Å²) in [6, 6.07) is 6.76. The number of nitrogens with zero attached hydrogens (tertiary/aromatic N) is 2. The number of nitrogens with one attached hydrogen (secondary N) is 1. The average Bonchev–Trinajstić information content (AvgIpc) is 2.68. The molecular formula is C20H33IN4O2S2. The molecule has 9 heteroatoms. The highest BCUT2D eigenvalue weighted by Crippen LogP contribution is 2.42. The molecule has 0 aromatic heterocycles. The topological polar surface area (TPSA) is 87.8 Å². The molecule has 3 N–H and O–H groups in total. The molecule has 0 amide bonds. The van der Waals surface area contributed by atoms with Crippen LogP contribution in [0, 0.1) is 0 Å². The van der Waals surface area contributed by atoms with Gasteiger partial charge in [0.15, 0.2) is 5.96 Å². The molecule has 1 spiro atoms. The second-order valence-corrected chi connectivity index (χ2v) is 10.8. The summed E-state index contributed by atoms with van der Waals surface area (Å²) in [7, 11) is -3.64. The van der Waals surface area contributed by atoms with E-state index >= 15 is 0 Å². The molecule has 1 saturated carbocycles. The minimum Gasteiger partial charge on any atom is -0.357 e. The number of halogens is 1. The van der Waals surface area contributed by atoms with E-state index in [1.54, 1.807) is 12.1 Å². The second kappa shape index (κ2) is 11.2. The molecule has 6 nitrogen and oxygen atoms in total. The van der Waals surface area contributed by atoms with Crippen LogP contribution in [0.3, 0.4) is 0 Å². The van der Waals surface area contributed by atoms with Gasteiger partial charge in [0.25, 0.3) is 0 Å². The number of aliphatic imine (C=N–C) groups is 1. The number of guanidine groups is 1. The lowest BCUT2D eigenvalue weighted by Crippen LogP contribution is -2.53. The number of hydrogen-bond acceptors (Lipinski definition) is 4. The van der Waals surface area contributed by atoms with E-state index in [1.165, 1.54) is 37.9 Å². The molecule has 1 aromatic rings. The third kappa shape index (κ3) is 7.00. The van der Waals surface area contributed by atoms with Crippen molar-refractivity contribution in [1.82, 2.24) is 10.2 Å². The van der Waals surface area contributed by atoms with Crippen molar-refractivity contribution in [2.45, 2.75) is 55.1 Å². The van der Waals surface area contributed by atoms with Crippen LogP contribution >= 0.6 is 35.7 Å². The van der Waals surface area contributed by atoms with Crippen LogP contribution in [-0.4, -0.2) is 56.0 Å². The Hall–Kier alpha value is -0.520. The van der Waals surface area contributed by atoms with Gasteiger partial charge in [-0.05, 0) is 43.9 Å². The number of nitrogens with two attached hydrogens (primary N) is 1. The van der Waals surface area contributed by atoms with Crippen LogP contribution in [-0.2, 0) is 16.4 Å². The molecule has 3 rings (SSSR count). The summed E-state index contributed by atoms with van der Waals surface area (Å²) in [5, 5.41) is 8.62. The van der Waals surface area contributed by atoms with Gasteiger partial charge in [0.1, 0.15) is 0 Å². The Morgan fingerprint density at radius 2 is 1.93 bits per heavy atom. The van der Waals surface area contributed by atoms with Crippen molar-refractivity contribution in [1.29, 1.82) is 0 Å². The zero-order valence-electron chi connectivity index (χ0n) is 17.1. The molecule has 1 aromatic carbocycles. The van der Waals surface area contributed by atoms with Crippen LogP contribution in [0.4, 0.5) is 0 Å². The first kappa shape index (κ1) is 24.7. The van der Waals surface area contributed by atoms with Gasteiger partial charge >= 0.3 is 0 Å². The number of rotatable bonds is 5. The summed E-state index contributed by atoms with van der Waals surface area (Å²) >= 11 is 2.17. The largest absolute Gasteiger partial charge is 0.357 e. The Labute approximate surface area is 196 Å². The van der Waals surface area contributed by atoms with E-state index in [9.17, 15) is 8.42 Å². The summed E-state index contributed by atoms with van der Waals surface area (Å²) in [4.78, 5) is 7.45. The van der Waals surface area contributed by atoms with Gasteiger partial charge in [-0.15, -0.1) is 24.0 Å². The van der Waals surface area contributed by atoms with Gasteiger partial charge in [0, 0.05) is 36.7 Å². The number of sulfonamides is 1. The zero-order valence-corrected chi connectivity index (χ0v) is 21.1. The Balaban J connectivity index is 0.00000300. The Kier molecular flexibility index (Phi) is 9.56. The van der Waals surface area contributed by atoms with Gasteiger partial charge in [-0.3, -0.25) is 4.99 Å². The molecule has 1 aliphatic carbocycles. The molecular weight excluding hydrogens is 519 g/mol. The minimum atomic E-state index is -3.64. The molecule has 0 radical (unpaired) electrons. The molecule has 0 bridgehead atoms. The SMILES string of the molecule is CCNC(=NCCc1ccc(S(N)(=O)=O)cc1)N1CCSC2(CCCCC2)C1.I. The van der Waals surface area contributed by atoms with Gasteiger partial charge in [0.2, 0.25) is 10.0 Å². The van der Waals surface area contributed by atoms with E-state index in [2.05, 4.69) is 28.9 Å². The lowest BCUT2D eigenvalue weighted by molar-refractivity contribution is 0.293. The highest BCUT2D eigenvalue weighted by molar-refractivity contribution is 14.0. The summed E-state index contributed by atoms with van der Waals surface area (Å²) in [5.41, 5.74) is 1.06. The molecule has 1 aliphatic heterocycles. The van der Waals surface area contributed by atoms with E-state index in [-0.39, 0.29) is 28.9 Å². The fraction of sp³-hybridized carbons (Fsp3) is 0.650. The van der Waals surface area contributed by atoms with E-state index in [4.69, 9.17) is 10.1 Å². The van der Waals surface area contributed by atoms with Crippen LogP contribution in [0.5, 0.6) is 0 Å². The van der Waals surface area contributed by atoms with Crippen molar-refractivity contribution in [2.75, 3.05) is 31.9 Å². The van der Waals surface area contributed by atoms with Crippen LogP contribution in [0.1, 0.15) is 44.6 Å². The van der Waals surface area contributed by atoms with Gasteiger partial charge in [-0.25, -0.2) is 13.6 Å². The first-order chi connectivity index (χ1) is 13.4. The van der Waals surface area contributed by atoms with Crippen molar-refractivity contribution in [3.8, 4) is 0 Å². The predicted octanol–water partition coefficient (Wildman–Crippen LogP) is 3.21. The zero-order chi connectivity index (χ0) is 20.0. The molecule has 0 atom stereocenters. The fourth-order valence-corrected chi connectivity index (χ4v) is 6.17. The third-order valence-electron chi connectivity index (χ3n) is 5.56. The fourth-order valence-electron chi connectivity index (χ4n) is 4.09. The van der Waals surface area contributed by atoms with Gasteiger partial charge in [-0.2, -0.15) is 11.8 Å². The van der Waals surface area contributed by atoms with Gasteiger partial charge < -0.3 is 10.2 Å². The quantitative estimate of drug-likeness (QED) is 0.333. The molecule has 1 heterocycles.